The van der Waals surface area contributed by atoms with Gasteiger partial charge in [0.05, 0.1) is 12.0 Å². The number of furan rings is 1. The Morgan fingerprint density at radius 1 is 1.50 bits per heavy atom. The van der Waals surface area contributed by atoms with Crippen molar-refractivity contribution in [1.29, 1.82) is 0 Å². The third-order valence-corrected chi connectivity index (χ3v) is 3.74. The van der Waals surface area contributed by atoms with Crippen LogP contribution in [0, 0.1) is 0 Å². The van der Waals surface area contributed by atoms with Crippen LogP contribution in [0.3, 0.4) is 0 Å². The second-order valence-corrected chi connectivity index (χ2v) is 5.29. The SMILES string of the molecule is CCn1c(SCC(=O)O[C@@H](C)C(N)=O)nnc1-c1ccco1. The first-order valence-electron chi connectivity index (χ1n) is 6.61. The van der Waals surface area contributed by atoms with Crippen molar-refractivity contribution in [3.63, 3.8) is 0 Å². The van der Waals surface area contributed by atoms with Crippen molar-refractivity contribution in [3.8, 4) is 11.6 Å². The third kappa shape index (κ3) is 3.67. The smallest absolute Gasteiger partial charge is 0.317 e. The van der Waals surface area contributed by atoms with E-state index in [2.05, 4.69) is 10.2 Å². The topological polar surface area (TPSA) is 113 Å². The summed E-state index contributed by atoms with van der Waals surface area (Å²) in [5, 5.41) is 8.68. The van der Waals surface area contributed by atoms with Crippen molar-refractivity contribution >= 4 is 23.6 Å². The molecule has 0 aliphatic carbocycles. The van der Waals surface area contributed by atoms with Gasteiger partial charge in [0.2, 0.25) is 0 Å². The fourth-order valence-electron chi connectivity index (χ4n) is 1.68. The van der Waals surface area contributed by atoms with Gasteiger partial charge >= 0.3 is 5.97 Å². The van der Waals surface area contributed by atoms with Gasteiger partial charge in [0, 0.05) is 6.54 Å². The number of esters is 1. The van der Waals surface area contributed by atoms with Gasteiger partial charge in [-0.2, -0.15) is 0 Å². The standard InChI is InChI=1S/C13H16N4O4S/c1-3-17-12(9-5-4-6-20-9)15-16-13(17)22-7-10(18)21-8(2)11(14)19/h4-6,8H,3,7H2,1-2H3,(H2,14,19)/t8-/m0/s1. The number of hydrogen-bond donors (Lipinski definition) is 1. The number of hydrogen-bond acceptors (Lipinski definition) is 7. The molecule has 1 atom stereocenters. The minimum atomic E-state index is -0.948. The molecule has 0 aromatic carbocycles. The highest BCUT2D eigenvalue weighted by molar-refractivity contribution is 7.99. The number of carbonyl (C=O) groups is 2. The second-order valence-electron chi connectivity index (χ2n) is 4.35. The quantitative estimate of drug-likeness (QED) is 0.598. The Labute approximate surface area is 131 Å². The molecule has 9 heteroatoms. The Balaban J connectivity index is 2.02. The van der Waals surface area contributed by atoms with Crippen molar-refractivity contribution in [2.24, 2.45) is 5.73 Å². The summed E-state index contributed by atoms with van der Waals surface area (Å²) in [6.07, 6.45) is 0.607. The van der Waals surface area contributed by atoms with Gasteiger partial charge in [-0.15, -0.1) is 10.2 Å². The Bertz CT molecular complexity index is 653. The van der Waals surface area contributed by atoms with E-state index in [1.54, 1.807) is 18.4 Å². The molecule has 2 heterocycles. The minimum absolute atomic E-state index is 0.00785. The van der Waals surface area contributed by atoms with Crippen LogP contribution in [0.15, 0.2) is 28.0 Å². The molecule has 2 N–H and O–H groups in total. The lowest BCUT2D eigenvalue weighted by atomic mass is 10.4. The number of aromatic nitrogens is 3. The van der Waals surface area contributed by atoms with E-state index in [-0.39, 0.29) is 5.75 Å². The van der Waals surface area contributed by atoms with Gasteiger partial charge in [-0.25, -0.2) is 0 Å². The van der Waals surface area contributed by atoms with Gasteiger partial charge in [-0.05, 0) is 26.0 Å². The summed E-state index contributed by atoms with van der Waals surface area (Å²) in [4.78, 5) is 22.5. The molecule has 0 spiro atoms. The lowest BCUT2D eigenvalue weighted by Gasteiger charge is -2.09. The Morgan fingerprint density at radius 3 is 2.86 bits per heavy atom. The van der Waals surface area contributed by atoms with Crippen molar-refractivity contribution in [2.75, 3.05) is 5.75 Å². The molecule has 2 aromatic heterocycles. The number of primary amides is 1. The van der Waals surface area contributed by atoms with E-state index in [4.69, 9.17) is 14.9 Å². The van der Waals surface area contributed by atoms with Crippen LogP contribution in [0.1, 0.15) is 13.8 Å². The van der Waals surface area contributed by atoms with E-state index in [0.29, 0.717) is 23.3 Å². The van der Waals surface area contributed by atoms with Crippen molar-refractivity contribution in [2.45, 2.75) is 31.7 Å². The van der Waals surface area contributed by atoms with E-state index in [9.17, 15) is 9.59 Å². The predicted octanol–water partition coefficient (Wildman–Crippen LogP) is 1.07. The molecule has 118 valence electrons. The molecule has 0 bridgehead atoms. The highest BCUT2D eigenvalue weighted by Gasteiger charge is 2.18. The van der Waals surface area contributed by atoms with Crippen LogP contribution in [0.4, 0.5) is 0 Å². The first-order chi connectivity index (χ1) is 10.5. The Morgan fingerprint density at radius 2 is 2.27 bits per heavy atom. The van der Waals surface area contributed by atoms with Crippen molar-refractivity contribution in [1.82, 2.24) is 14.8 Å². The summed E-state index contributed by atoms with van der Waals surface area (Å²) >= 11 is 1.17. The maximum Gasteiger partial charge on any atom is 0.317 e. The van der Waals surface area contributed by atoms with Gasteiger partial charge in [-0.3, -0.25) is 14.2 Å². The zero-order valence-electron chi connectivity index (χ0n) is 12.2. The van der Waals surface area contributed by atoms with Crippen LogP contribution in [-0.2, 0) is 20.9 Å². The number of rotatable bonds is 7. The number of carbonyl (C=O) groups excluding carboxylic acids is 2. The molecule has 0 saturated carbocycles. The number of ether oxygens (including phenoxy) is 1. The zero-order chi connectivity index (χ0) is 16.1. The van der Waals surface area contributed by atoms with Crippen molar-refractivity contribution in [3.05, 3.63) is 18.4 Å². The van der Waals surface area contributed by atoms with E-state index in [1.165, 1.54) is 18.7 Å². The fourth-order valence-corrected chi connectivity index (χ4v) is 2.47. The summed E-state index contributed by atoms with van der Waals surface area (Å²) in [6, 6.07) is 3.55. The summed E-state index contributed by atoms with van der Waals surface area (Å²) in [5.41, 5.74) is 5.03. The summed E-state index contributed by atoms with van der Waals surface area (Å²) in [5.74, 6) is -0.0230. The normalized spacial score (nSPS) is 12.1. The first-order valence-corrected chi connectivity index (χ1v) is 7.60. The van der Waals surface area contributed by atoms with Gasteiger partial charge in [0.15, 0.2) is 22.8 Å². The van der Waals surface area contributed by atoms with Crippen LogP contribution < -0.4 is 5.73 Å². The summed E-state index contributed by atoms with van der Waals surface area (Å²) in [7, 11) is 0. The molecule has 0 aliphatic rings. The average molecular weight is 324 g/mol. The Hall–Kier alpha value is -2.29. The predicted molar refractivity (Wildman–Crippen MR) is 78.9 cm³/mol. The molecule has 8 nitrogen and oxygen atoms in total. The number of thioether (sulfide) groups is 1. The molecule has 0 fully saturated rings. The molecule has 2 aromatic rings. The molecule has 2 rings (SSSR count). The van der Waals surface area contributed by atoms with E-state index in [1.807, 2.05) is 11.5 Å². The minimum Gasteiger partial charge on any atom is -0.461 e. The van der Waals surface area contributed by atoms with E-state index in [0.717, 1.165) is 0 Å². The fraction of sp³-hybridized carbons (Fsp3) is 0.385. The highest BCUT2D eigenvalue weighted by atomic mass is 32.2. The van der Waals surface area contributed by atoms with Crippen LogP contribution in [-0.4, -0.2) is 38.5 Å². The molecular formula is C13H16N4O4S. The first kappa shape index (κ1) is 16.1. The van der Waals surface area contributed by atoms with Gasteiger partial charge < -0.3 is 14.9 Å². The van der Waals surface area contributed by atoms with Crippen molar-refractivity contribution < 1.29 is 18.7 Å². The largest absolute Gasteiger partial charge is 0.461 e. The Kier molecular flexibility index (Phi) is 5.21. The molecule has 0 radical (unpaired) electrons. The zero-order valence-corrected chi connectivity index (χ0v) is 13.0. The molecule has 22 heavy (non-hydrogen) atoms. The molecule has 1 amide bonds. The van der Waals surface area contributed by atoms with Gasteiger partial charge in [0.25, 0.3) is 5.91 Å². The van der Waals surface area contributed by atoms with Crippen LogP contribution in [0.25, 0.3) is 11.6 Å². The summed E-state index contributed by atoms with van der Waals surface area (Å²) < 4.78 is 12.0. The molecule has 0 aliphatic heterocycles. The van der Waals surface area contributed by atoms with E-state index >= 15 is 0 Å². The van der Waals surface area contributed by atoms with Crippen LogP contribution in [0.2, 0.25) is 0 Å². The number of amides is 1. The van der Waals surface area contributed by atoms with Gasteiger partial charge in [0.1, 0.15) is 0 Å². The summed E-state index contributed by atoms with van der Waals surface area (Å²) in [6.45, 7) is 3.99. The lowest BCUT2D eigenvalue weighted by molar-refractivity contribution is -0.151. The monoisotopic (exact) mass is 324 g/mol. The maximum absolute atomic E-state index is 11.6. The maximum atomic E-state index is 11.6. The molecule has 0 unspecified atom stereocenters. The van der Waals surface area contributed by atoms with Crippen LogP contribution >= 0.6 is 11.8 Å². The average Bonchev–Trinajstić information content (AvgIpc) is 3.13. The van der Waals surface area contributed by atoms with Gasteiger partial charge in [-0.1, -0.05) is 11.8 Å². The molecule has 0 saturated heterocycles. The second kappa shape index (κ2) is 7.12. The highest BCUT2D eigenvalue weighted by Crippen LogP contribution is 2.24. The van der Waals surface area contributed by atoms with Crippen LogP contribution in [0.5, 0.6) is 0 Å². The lowest BCUT2D eigenvalue weighted by Crippen LogP contribution is -2.31. The number of nitrogens with two attached hydrogens (primary N) is 1. The number of nitrogens with zero attached hydrogens (tertiary/aromatic N) is 3. The molecular weight excluding hydrogens is 308 g/mol. The van der Waals surface area contributed by atoms with E-state index < -0.39 is 18.0 Å². The third-order valence-electron chi connectivity index (χ3n) is 2.80.